The van der Waals surface area contributed by atoms with Gasteiger partial charge in [0.25, 0.3) is 0 Å². The molecule has 1 rings (SSSR count). The van der Waals surface area contributed by atoms with Crippen LogP contribution in [0.5, 0.6) is 0 Å². The van der Waals surface area contributed by atoms with E-state index in [4.69, 9.17) is 5.84 Å². The molecule has 1 aromatic rings. The van der Waals surface area contributed by atoms with E-state index in [-0.39, 0.29) is 0 Å². The first-order valence-corrected chi connectivity index (χ1v) is 6.65. The number of nitrogens with two attached hydrogens (primary N) is 1. The van der Waals surface area contributed by atoms with E-state index in [2.05, 4.69) is 22.3 Å². The molecule has 17 heavy (non-hydrogen) atoms. The second kappa shape index (κ2) is 8.93. The molecular formula is C13H24N4. The van der Waals surface area contributed by atoms with Crippen LogP contribution in [0.25, 0.3) is 0 Å². The Morgan fingerprint density at radius 2 is 1.65 bits per heavy atom. The summed E-state index contributed by atoms with van der Waals surface area (Å²) in [5, 5.41) is 0. The van der Waals surface area contributed by atoms with E-state index in [0.29, 0.717) is 5.82 Å². The van der Waals surface area contributed by atoms with E-state index in [1.807, 2.05) is 0 Å². The Bertz CT molecular complexity index is 301. The van der Waals surface area contributed by atoms with Crippen molar-refractivity contribution in [2.45, 2.75) is 58.3 Å². The number of nitrogens with zero attached hydrogens (tertiary/aromatic N) is 2. The van der Waals surface area contributed by atoms with Gasteiger partial charge in [-0.25, -0.2) is 10.8 Å². The zero-order valence-corrected chi connectivity index (χ0v) is 10.8. The Kier molecular flexibility index (Phi) is 7.30. The van der Waals surface area contributed by atoms with Gasteiger partial charge in [0.1, 0.15) is 0 Å². The molecule has 0 aliphatic heterocycles. The quantitative estimate of drug-likeness (QED) is 0.393. The van der Waals surface area contributed by atoms with Crippen LogP contribution in [0.1, 0.15) is 57.6 Å². The fourth-order valence-corrected chi connectivity index (χ4v) is 1.92. The summed E-state index contributed by atoms with van der Waals surface area (Å²) in [4.78, 5) is 8.43. The summed E-state index contributed by atoms with van der Waals surface area (Å²) < 4.78 is 0. The third-order valence-electron chi connectivity index (χ3n) is 2.93. The Morgan fingerprint density at radius 3 is 2.35 bits per heavy atom. The van der Waals surface area contributed by atoms with Gasteiger partial charge >= 0.3 is 0 Å². The predicted octanol–water partition coefficient (Wildman–Crippen LogP) is 3.06. The molecule has 0 aromatic carbocycles. The minimum Gasteiger partial charge on any atom is -0.307 e. The van der Waals surface area contributed by atoms with E-state index in [0.717, 1.165) is 12.1 Å². The van der Waals surface area contributed by atoms with E-state index >= 15 is 0 Å². The summed E-state index contributed by atoms with van der Waals surface area (Å²) >= 11 is 0. The van der Waals surface area contributed by atoms with Crippen LogP contribution in [0.2, 0.25) is 0 Å². The lowest BCUT2D eigenvalue weighted by Crippen LogP contribution is -2.12. The highest BCUT2D eigenvalue weighted by atomic mass is 15.3. The molecule has 3 N–H and O–H groups in total. The first-order valence-electron chi connectivity index (χ1n) is 6.65. The number of unbranched alkanes of at least 4 members (excludes halogenated alkanes) is 6. The Labute approximate surface area is 104 Å². The summed E-state index contributed by atoms with van der Waals surface area (Å²) in [6, 6.07) is 0. The van der Waals surface area contributed by atoms with Crippen molar-refractivity contribution in [3.05, 3.63) is 18.1 Å². The maximum absolute atomic E-state index is 5.38. The average Bonchev–Trinajstić information content (AvgIpc) is 2.38. The molecule has 1 aromatic heterocycles. The minimum absolute atomic E-state index is 0.707. The molecule has 0 spiro atoms. The van der Waals surface area contributed by atoms with E-state index in [1.54, 1.807) is 12.4 Å². The zero-order chi connectivity index (χ0) is 12.3. The third-order valence-corrected chi connectivity index (χ3v) is 2.93. The zero-order valence-electron chi connectivity index (χ0n) is 10.8. The lowest BCUT2D eigenvalue weighted by molar-refractivity contribution is 0.587. The SMILES string of the molecule is CCCCCCCCCc1nccnc1NN. The van der Waals surface area contributed by atoms with Crippen LogP contribution in [0, 0.1) is 0 Å². The number of nitrogens with one attached hydrogen (secondary N) is 1. The molecule has 0 aliphatic rings. The van der Waals surface area contributed by atoms with Gasteiger partial charge < -0.3 is 5.43 Å². The van der Waals surface area contributed by atoms with Crippen LogP contribution in [-0.4, -0.2) is 9.97 Å². The molecule has 96 valence electrons. The van der Waals surface area contributed by atoms with Gasteiger partial charge in [-0.2, -0.15) is 0 Å². The number of hydrogen-bond donors (Lipinski definition) is 2. The van der Waals surface area contributed by atoms with E-state index in [1.165, 1.54) is 44.9 Å². The average molecular weight is 236 g/mol. The van der Waals surface area contributed by atoms with Gasteiger partial charge in [-0.05, 0) is 12.8 Å². The second-order valence-electron chi connectivity index (χ2n) is 4.37. The van der Waals surface area contributed by atoms with Crippen LogP contribution in [0.15, 0.2) is 12.4 Å². The lowest BCUT2D eigenvalue weighted by Gasteiger charge is -2.05. The molecular weight excluding hydrogens is 212 g/mol. The van der Waals surface area contributed by atoms with E-state index < -0.39 is 0 Å². The first-order chi connectivity index (χ1) is 8.38. The van der Waals surface area contributed by atoms with Gasteiger partial charge in [0, 0.05) is 12.4 Å². The molecule has 1 heterocycles. The molecule has 0 bridgehead atoms. The third kappa shape index (κ3) is 5.63. The summed E-state index contributed by atoms with van der Waals surface area (Å²) in [5.41, 5.74) is 3.57. The van der Waals surface area contributed by atoms with Gasteiger partial charge in [0.2, 0.25) is 0 Å². The standard InChI is InChI=1S/C13H24N4/c1-2-3-4-5-6-7-8-9-12-13(17-14)16-11-10-15-12/h10-11H,2-9,14H2,1H3,(H,16,17). The van der Waals surface area contributed by atoms with Crippen molar-refractivity contribution in [1.82, 2.24) is 9.97 Å². The minimum atomic E-state index is 0.707. The van der Waals surface area contributed by atoms with Crippen LogP contribution in [0.4, 0.5) is 5.82 Å². The Morgan fingerprint density at radius 1 is 1.00 bits per heavy atom. The maximum atomic E-state index is 5.38. The second-order valence-corrected chi connectivity index (χ2v) is 4.37. The molecule has 0 unspecified atom stereocenters. The predicted molar refractivity (Wildman–Crippen MR) is 71.5 cm³/mol. The Balaban J connectivity index is 2.13. The molecule has 0 saturated heterocycles. The van der Waals surface area contributed by atoms with Crippen molar-refractivity contribution in [3.8, 4) is 0 Å². The molecule has 0 saturated carbocycles. The monoisotopic (exact) mass is 236 g/mol. The summed E-state index contributed by atoms with van der Waals surface area (Å²) in [6.45, 7) is 2.25. The van der Waals surface area contributed by atoms with Gasteiger partial charge in [-0.1, -0.05) is 45.4 Å². The van der Waals surface area contributed by atoms with Crippen molar-refractivity contribution >= 4 is 5.82 Å². The van der Waals surface area contributed by atoms with Gasteiger partial charge in [0.05, 0.1) is 5.69 Å². The number of aryl methyl sites for hydroxylation is 1. The van der Waals surface area contributed by atoms with Crippen LogP contribution < -0.4 is 11.3 Å². The molecule has 0 fully saturated rings. The van der Waals surface area contributed by atoms with Crippen molar-refractivity contribution in [1.29, 1.82) is 0 Å². The van der Waals surface area contributed by atoms with Crippen LogP contribution >= 0.6 is 0 Å². The number of hydrogen-bond acceptors (Lipinski definition) is 4. The van der Waals surface area contributed by atoms with Gasteiger partial charge in [-0.15, -0.1) is 0 Å². The van der Waals surface area contributed by atoms with Crippen molar-refractivity contribution in [3.63, 3.8) is 0 Å². The number of rotatable bonds is 9. The lowest BCUT2D eigenvalue weighted by atomic mass is 10.1. The normalized spacial score (nSPS) is 10.5. The Hall–Kier alpha value is -1.16. The maximum Gasteiger partial charge on any atom is 0.161 e. The fraction of sp³-hybridized carbons (Fsp3) is 0.692. The largest absolute Gasteiger partial charge is 0.307 e. The number of hydrazine groups is 1. The molecule has 0 atom stereocenters. The highest BCUT2D eigenvalue weighted by Gasteiger charge is 2.02. The number of aromatic nitrogens is 2. The van der Waals surface area contributed by atoms with Crippen molar-refractivity contribution in [2.24, 2.45) is 5.84 Å². The summed E-state index contributed by atoms with van der Waals surface area (Å²) in [7, 11) is 0. The number of anilines is 1. The highest BCUT2D eigenvalue weighted by Crippen LogP contribution is 2.13. The molecule has 0 aliphatic carbocycles. The van der Waals surface area contributed by atoms with Gasteiger partial charge in [0.15, 0.2) is 5.82 Å². The molecule has 4 nitrogen and oxygen atoms in total. The highest BCUT2D eigenvalue weighted by molar-refractivity contribution is 5.37. The number of nitrogen functional groups attached to an aromatic ring is 1. The van der Waals surface area contributed by atoms with E-state index in [9.17, 15) is 0 Å². The molecule has 0 radical (unpaired) electrons. The topological polar surface area (TPSA) is 63.8 Å². The summed E-state index contributed by atoms with van der Waals surface area (Å²) in [6.07, 6.45) is 13.5. The summed E-state index contributed by atoms with van der Waals surface area (Å²) in [5.74, 6) is 6.09. The van der Waals surface area contributed by atoms with Gasteiger partial charge in [-0.3, -0.25) is 4.98 Å². The van der Waals surface area contributed by atoms with Crippen molar-refractivity contribution in [2.75, 3.05) is 5.43 Å². The smallest absolute Gasteiger partial charge is 0.161 e. The van der Waals surface area contributed by atoms with Crippen LogP contribution in [0.3, 0.4) is 0 Å². The van der Waals surface area contributed by atoms with Crippen LogP contribution in [-0.2, 0) is 6.42 Å². The molecule has 4 heteroatoms. The molecule has 0 amide bonds. The fourth-order valence-electron chi connectivity index (χ4n) is 1.92. The first kappa shape index (κ1) is 13.9. The van der Waals surface area contributed by atoms with Crippen molar-refractivity contribution < 1.29 is 0 Å².